The van der Waals surface area contributed by atoms with Crippen LogP contribution in [0.1, 0.15) is 18.9 Å². The number of benzene rings is 1. The smallest absolute Gasteiger partial charge is 0.330 e. The highest BCUT2D eigenvalue weighted by Gasteiger charge is 2.39. The van der Waals surface area contributed by atoms with Gasteiger partial charge in [-0.15, -0.1) is 6.42 Å². The van der Waals surface area contributed by atoms with E-state index in [1.54, 1.807) is 24.3 Å². The van der Waals surface area contributed by atoms with Crippen LogP contribution in [0.4, 0.5) is 0 Å². The summed E-state index contributed by atoms with van der Waals surface area (Å²) in [6.07, 6.45) is 5.78. The van der Waals surface area contributed by atoms with E-state index >= 15 is 0 Å². The molecule has 1 unspecified atom stereocenters. The van der Waals surface area contributed by atoms with Crippen molar-refractivity contribution in [2.45, 2.75) is 18.9 Å². The van der Waals surface area contributed by atoms with Crippen molar-refractivity contribution in [2.75, 3.05) is 13.7 Å². The summed E-state index contributed by atoms with van der Waals surface area (Å²) in [5.41, 5.74) is -0.136. The maximum Gasteiger partial charge on any atom is 0.330 e. The van der Waals surface area contributed by atoms with Gasteiger partial charge in [-0.3, -0.25) is 5.32 Å². The van der Waals surface area contributed by atoms with Crippen molar-refractivity contribution in [1.82, 2.24) is 5.32 Å². The molecule has 0 aliphatic rings. The Kier molecular flexibility index (Phi) is 5.21. The lowest BCUT2D eigenvalue weighted by Crippen LogP contribution is -2.49. The third-order valence-electron chi connectivity index (χ3n) is 2.89. The Hall–Kier alpha value is -1.50. The molecule has 1 aromatic rings. The molecule has 0 saturated carbocycles. The van der Waals surface area contributed by atoms with Gasteiger partial charge in [-0.2, -0.15) is 0 Å². The maximum atomic E-state index is 12.1. The van der Waals surface area contributed by atoms with Gasteiger partial charge in [0.05, 0.1) is 13.7 Å². The lowest BCUT2D eigenvalue weighted by atomic mass is 9.87. The molecule has 0 radical (unpaired) electrons. The quantitative estimate of drug-likeness (QED) is 0.656. The van der Waals surface area contributed by atoms with Crippen LogP contribution in [-0.2, 0) is 15.1 Å². The molecule has 1 aromatic carbocycles. The fraction of sp³-hybridized carbons (Fsp3) is 0.357. The van der Waals surface area contributed by atoms with Crippen LogP contribution in [0.15, 0.2) is 24.3 Å². The molecule has 1 N–H and O–H groups in total. The first kappa shape index (κ1) is 14.6. The Morgan fingerprint density at radius 2 is 2.11 bits per heavy atom. The number of methoxy groups -OCH3 is 1. The van der Waals surface area contributed by atoms with E-state index < -0.39 is 5.54 Å². The fourth-order valence-corrected chi connectivity index (χ4v) is 2.00. The average molecular weight is 266 g/mol. The minimum absolute atomic E-state index is 0.283. The predicted octanol–water partition coefficient (Wildman–Crippen LogP) is 2.34. The highest BCUT2D eigenvalue weighted by Crippen LogP contribution is 2.27. The van der Waals surface area contributed by atoms with E-state index in [9.17, 15) is 4.79 Å². The fourth-order valence-electron chi connectivity index (χ4n) is 1.88. The number of carbonyl (C=O) groups excluding carboxylic acids is 1. The summed E-state index contributed by atoms with van der Waals surface area (Å²) in [7, 11) is 1.36. The van der Waals surface area contributed by atoms with Gasteiger partial charge in [-0.25, -0.2) is 4.79 Å². The van der Waals surface area contributed by atoms with Gasteiger partial charge in [-0.1, -0.05) is 36.6 Å². The third kappa shape index (κ3) is 2.84. The number of ether oxygens (including phenoxy) is 1. The Morgan fingerprint density at radius 3 is 2.56 bits per heavy atom. The standard InChI is InChI=1S/C14H16ClNO2/c1-4-10-16-14(5-2,13(17)18-3)11-6-8-12(15)9-7-11/h1,6-9,16H,5,10H2,2-3H3. The number of hydrogen-bond acceptors (Lipinski definition) is 3. The largest absolute Gasteiger partial charge is 0.467 e. The van der Waals surface area contributed by atoms with E-state index in [1.165, 1.54) is 7.11 Å². The van der Waals surface area contributed by atoms with Gasteiger partial charge in [0.25, 0.3) is 0 Å². The van der Waals surface area contributed by atoms with Crippen LogP contribution in [0.25, 0.3) is 0 Å². The van der Waals surface area contributed by atoms with Crippen LogP contribution >= 0.6 is 11.6 Å². The van der Waals surface area contributed by atoms with Gasteiger partial charge in [0, 0.05) is 5.02 Å². The zero-order chi connectivity index (χ0) is 13.6. The van der Waals surface area contributed by atoms with Crippen LogP contribution in [0.5, 0.6) is 0 Å². The molecule has 3 nitrogen and oxygen atoms in total. The first-order chi connectivity index (χ1) is 8.60. The van der Waals surface area contributed by atoms with Crippen LogP contribution in [0.2, 0.25) is 5.02 Å². The number of rotatable bonds is 5. The second kappa shape index (κ2) is 6.44. The van der Waals surface area contributed by atoms with Crippen molar-refractivity contribution in [3.63, 3.8) is 0 Å². The van der Waals surface area contributed by atoms with Crippen LogP contribution in [0.3, 0.4) is 0 Å². The SMILES string of the molecule is C#CCNC(CC)(C(=O)OC)c1ccc(Cl)cc1. The van der Waals surface area contributed by atoms with Gasteiger partial charge < -0.3 is 4.74 Å². The predicted molar refractivity (Wildman–Crippen MR) is 72.3 cm³/mol. The van der Waals surface area contributed by atoms with Gasteiger partial charge >= 0.3 is 5.97 Å². The van der Waals surface area contributed by atoms with E-state index in [4.69, 9.17) is 22.8 Å². The number of terminal acetylenes is 1. The summed E-state index contributed by atoms with van der Waals surface area (Å²) in [5.74, 6) is 2.11. The highest BCUT2D eigenvalue weighted by molar-refractivity contribution is 6.30. The second-order valence-corrected chi connectivity index (χ2v) is 4.25. The van der Waals surface area contributed by atoms with E-state index in [0.29, 0.717) is 11.4 Å². The second-order valence-electron chi connectivity index (χ2n) is 3.82. The molecule has 0 fully saturated rings. The zero-order valence-electron chi connectivity index (χ0n) is 10.5. The normalized spacial score (nSPS) is 13.4. The minimum Gasteiger partial charge on any atom is -0.467 e. The lowest BCUT2D eigenvalue weighted by Gasteiger charge is -2.31. The molecular formula is C14H16ClNO2. The van der Waals surface area contributed by atoms with Gasteiger partial charge in [0.2, 0.25) is 0 Å². The minimum atomic E-state index is -0.925. The molecule has 0 aliphatic heterocycles. The van der Waals surface area contributed by atoms with Crippen molar-refractivity contribution >= 4 is 17.6 Å². The summed E-state index contributed by atoms with van der Waals surface area (Å²) in [4.78, 5) is 12.1. The zero-order valence-corrected chi connectivity index (χ0v) is 11.3. The maximum absolute atomic E-state index is 12.1. The summed E-state index contributed by atoms with van der Waals surface area (Å²) in [6.45, 7) is 2.18. The Bertz CT molecular complexity index is 450. The number of halogens is 1. The van der Waals surface area contributed by atoms with Crippen LogP contribution < -0.4 is 5.32 Å². The Morgan fingerprint density at radius 1 is 1.50 bits per heavy atom. The van der Waals surface area contributed by atoms with E-state index in [0.717, 1.165) is 5.56 Å². The monoisotopic (exact) mass is 265 g/mol. The molecular weight excluding hydrogens is 250 g/mol. The summed E-state index contributed by atoms with van der Waals surface area (Å²) in [6, 6.07) is 7.07. The molecule has 18 heavy (non-hydrogen) atoms. The Balaban J connectivity index is 3.21. The first-order valence-corrected chi connectivity index (χ1v) is 6.01. The summed E-state index contributed by atoms with van der Waals surface area (Å²) in [5, 5.41) is 3.68. The van der Waals surface area contributed by atoms with E-state index in [-0.39, 0.29) is 12.5 Å². The van der Waals surface area contributed by atoms with Gasteiger partial charge in [-0.05, 0) is 24.1 Å². The van der Waals surface area contributed by atoms with Crippen molar-refractivity contribution in [3.8, 4) is 12.3 Å². The highest BCUT2D eigenvalue weighted by atomic mass is 35.5. The van der Waals surface area contributed by atoms with E-state index in [2.05, 4.69) is 11.2 Å². The molecule has 4 heteroatoms. The van der Waals surface area contributed by atoms with Crippen molar-refractivity contribution in [1.29, 1.82) is 0 Å². The lowest BCUT2D eigenvalue weighted by molar-refractivity contribution is -0.149. The summed E-state index contributed by atoms with van der Waals surface area (Å²) >= 11 is 5.85. The number of esters is 1. The molecule has 0 heterocycles. The van der Waals surface area contributed by atoms with Gasteiger partial charge in [0.1, 0.15) is 5.54 Å². The summed E-state index contributed by atoms with van der Waals surface area (Å²) < 4.78 is 4.89. The van der Waals surface area contributed by atoms with Crippen molar-refractivity contribution < 1.29 is 9.53 Å². The van der Waals surface area contributed by atoms with Crippen LogP contribution in [-0.4, -0.2) is 19.6 Å². The first-order valence-electron chi connectivity index (χ1n) is 5.63. The molecule has 0 aliphatic carbocycles. The molecule has 0 amide bonds. The molecule has 1 atom stereocenters. The molecule has 0 spiro atoms. The van der Waals surface area contributed by atoms with Gasteiger partial charge in [0.15, 0.2) is 0 Å². The number of carbonyl (C=O) groups is 1. The molecule has 0 aromatic heterocycles. The Labute approximate surface area is 112 Å². The van der Waals surface area contributed by atoms with Crippen LogP contribution in [0, 0.1) is 12.3 Å². The average Bonchev–Trinajstić information content (AvgIpc) is 2.41. The molecule has 0 bridgehead atoms. The molecule has 1 rings (SSSR count). The molecule has 0 saturated heterocycles. The third-order valence-corrected chi connectivity index (χ3v) is 3.15. The van der Waals surface area contributed by atoms with Crippen molar-refractivity contribution in [3.05, 3.63) is 34.9 Å². The molecule has 96 valence electrons. The number of hydrogen-bond donors (Lipinski definition) is 1. The van der Waals surface area contributed by atoms with Crippen molar-refractivity contribution in [2.24, 2.45) is 0 Å². The van der Waals surface area contributed by atoms with E-state index in [1.807, 2.05) is 6.92 Å². The number of nitrogens with one attached hydrogen (secondary N) is 1. The topological polar surface area (TPSA) is 38.3 Å².